The van der Waals surface area contributed by atoms with Gasteiger partial charge < -0.3 is 9.90 Å². The number of aliphatic carboxylic acids is 1. The van der Waals surface area contributed by atoms with Crippen LogP contribution in [0, 0.1) is 11.3 Å². The van der Waals surface area contributed by atoms with Crippen LogP contribution in [0.25, 0.3) is 17.3 Å². The summed E-state index contributed by atoms with van der Waals surface area (Å²) in [4.78, 5) is 10.7. The van der Waals surface area contributed by atoms with E-state index in [1.165, 1.54) is 12.3 Å². The van der Waals surface area contributed by atoms with Crippen molar-refractivity contribution in [2.45, 2.75) is 0 Å². The molecule has 1 aromatic carbocycles. The van der Waals surface area contributed by atoms with E-state index in [0.29, 0.717) is 11.3 Å². The highest BCUT2D eigenvalue weighted by atomic mass is 79.9. The minimum absolute atomic E-state index is 0.447. The number of hydrogen-bond acceptors (Lipinski definition) is 4. The second-order valence-electron chi connectivity index (χ2n) is 3.67. The van der Waals surface area contributed by atoms with Gasteiger partial charge >= 0.3 is 0 Å². The fraction of sp³-hybridized carbons (Fsp3) is 0. The van der Waals surface area contributed by atoms with Gasteiger partial charge in [-0.1, -0.05) is 28.1 Å². The molecule has 1 N–H and O–H groups in total. The summed E-state index contributed by atoms with van der Waals surface area (Å²) >= 11 is 3.35. The SMILES string of the molecule is N#C/C(=C/c1cn[nH]c1-c1cccc(Br)c1)C(=O)[O-]. The van der Waals surface area contributed by atoms with Gasteiger partial charge in [-0.15, -0.1) is 0 Å². The zero-order valence-corrected chi connectivity index (χ0v) is 11.1. The Morgan fingerprint density at radius 3 is 2.95 bits per heavy atom. The lowest BCUT2D eigenvalue weighted by molar-refractivity contribution is -0.298. The molecule has 0 saturated carbocycles. The van der Waals surface area contributed by atoms with Gasteiger partial charge in [0.2, 0.25) is 0 Å². The number of nitriles is 1. The molecular weight excluding hydrogens is 310 g/mol. The van der Waals surface area contributed by atoms with Crippen LogP contribution in [-0.2, 0) is 4.79 Å². The molecule has 0 fully saturated rings. The largest absolute Gasteiger partial charge is 0.544 e. The Labute approximate surface area is 117 Å². The van der Waals surface area contributed by atoms with Crippen LogP contribution in [0.1, 0.15) is 5.56 Å². The molecule has 0 radical (unpaired) electrons. The first-order valence-electron chi connectivity index (χ1n) is 5.24. The van der Waals surface area contributed by atoms with Gasteiger partial charge in [0.15, 0.2) is 0 Å². The molecule has 1 heterocycles. The molecule has 94 valence electrons. The maximum Gasteiger partial charge on any atom is 0.101 e. The summed E-state index contributed by atoms with van der Waals surface area (Å²) in [5, 5.41) is 26.1. The molecule has 6 heteroatoms. The van der Waals surface area contributed by atoms with Crippen molar-refractivity contribution in [3.05, 3.63) is 46.1 Å². The number of H-pyrrole nitrogens is 1. The van der Waals surface area contributed by atoms with Gasteiger partial charge in [-0.25, -0.2) is 0 Å². The Hall–Kier alpha value is -2.39. The minimum Gasteiger partial charge on any atom is -0.544 e. The van der Waals surface area contributed by atoms with Crippen molar-refractivity contribution in [2.75, 3.05) is 0 Å². The molecule has 0 spiro atoms. The van der Waals surface area contributed by atoms with E-state index in [1.54, 1.807) is 6.07 Å². The molecule has 2 aromatic rings. The second kappa shape index (κ2) is 5.50. The van der Waals surface area contributed by atoms with Crippen LogP contribution in [0.4, 0.5) is 0 Å². The number of nitrogens with one attached hydrogen (secondary N) is 1. The normalized spacial score (nSPS) is 11.1. The van der Waals surface area contributed by atoms with Gasteiger partial charge in [0, 0.05) is 15.6 Å². The molecule has 0 unspecified atom stereocenters. The number of carbonyl (C=O) groups is 1. The van der Waals surface area contributed by atoms with Gasteiger partial charge in [0.05, 0.1) is 23.4 Å². The predicted molar refractivity (Wildman–Crippen MR) is 70.3 cm³/mol. The van der Waals surface area contributed by atoms with Crippen LogP contribution >= 0.6 is 15.9 Å². The highest BCUT2D eigenvalue weighted by Gasteiger charge is 2.07. The van der Waals surface area contributed by atoms with Gasteiger partial charge in [0.1, 0.15) is 6.07 Å². The number of nitrogens with zero attached hydrogens (tertiary/aromatic N) is 2. The molecule has 0 amide bonds. The van der Waals surface area contributed by atoms with Crippen molar-refractivity contribution in [3.63, 3.8) is 0 Å². The molecule has 5 nitrogen and oxygen atoms in total. The lowest BCUT2D eigenvalue weighted by atomic mass is 10.1. The fourth-order valence-electron chi connectivity index (χ4n) is 1.57. The van der Waals surface area contributed by atoms with E-state index >= 15 is 0 Å². The monoisotopic (exact) mass is 316 g/mol. The summed E-state index contributed by atoms with van der Waals surface area (Å²) in [5.41, 5.74) is 1.53. The smallest absolute Gasteiger partial charge is 0.101 e. The molecule has 0 bridgehead atoms. The average molecular weight is 317 g/mol. The molecule has 2 rings (SSSR count). The van der Waals surface area contributed by atoms with Gasteiger partial charge in [-0.2, -0.15) is 10.4 Å². The molecule has 0 aliphatic heterocycles. The predicted octanol–water partition coefficient (Wildman–Crippen LogP) is 1.50. The highest BCUT2D eigenvalue weighted by molar-refractivity contribution is 9.10. The van der Waals surface area contributed by atoms with Gasteiger partial charge in [0.25, 0.3) is 0 Å². The number of rotatable bonds is 3. The summed E-state index contributed by atoms with van der Waals surface area (Å²) < 4.78 is 0.884. The zero-order chi connectivity index (χ0) is 13.8. The fourth-order valence-corrected chi connectivity index (χ4v) is 1.97. The van der Waals surface area contributed by atoms with Crippen molar-refractivity contribution in [2.24, 2.45) is 0 Å². The third kappa shape index (κ3) is 2.89. The first-order valence-corrected chi connectivity index (χ1v) is 6.03. The topological polar surface area (TPSA) is 92.6 Å². The lowest BCUT2D eigenvalue weighted by Gasteiger charge is -2.02. The van der Waals surface area contributed by atoms with E-state index in [0.717, 1.165) is 10.0 Å². The van der Waals surface area contributed by atoms with E-state index < -0.39 is 11.5 Å². The summed E-state index contributed by atoms with van der Waals surface area (Å²) in [6, 6.07) is 9.00. The number of carboxylic acid groups (broad SMARTS) is 1. The molecule has 1 aromatic heterocycles. The van der Waals surface area contributed by atoms with Crippen molar-refractivity contribution in [3.8, 4) is 17.3 Å². The maximum atomic E-state index is 10.7. The number of carbonyl (C=O) groups excluding carboxylic acids is 1. The van der Waals surface area contributed by atoms with Crippen LogP contribution < -0.4 is 5.11 Å². The van der Waals surface area contributed by atoms with Crippen molar-refractivity contribution in [1.82, 2.24) is 10.2 Å². The van der Waals surface area contributed by atoms with Crippen LogP contribution in [0.15, 0.2) is 40.5 Å². The molecule has 0 saturated heterocycles. The Morgan fingerprint density at radius 1 is 1.53 bits per heavy atom. The van der Waals surface area contributed by atoms with Crippen molar-refractivity contribution in [1.29, 1.82) is 5.26 Å². The summed E-state index contributed by atoms with van der Waals surface area (Å²) in [6.07, 6.45) is 2.69. The third-order valence-corrected chi connectivity index (χ3v) is 2.92. The van der Waals surface area contributed by atoms with E-state index in [2.05, 4.69) is 26.1 Å². The molecule has 0 atom stereocenters. The van der Waals surface area contributed by atoms with E-state index in [9.17, 15) is 9.90 Å². The summed E-state index contributed by atoms with van der Waals surface area (Å²) in [7, 11) is 0. The number of benzene rings is 1. The summed E-state index contributed by atoms with van der Waals surface area (Å²) in [6.45, 7) is 0. The number of hydrogen-bond donors (Lipinski definition) is 1. The molecule has 19 heavy (non-hydrogen) atoms. The van der Waals surface area contributed by atoms with Gasteiger partial charge in [-0.3, -0.25) is 5.10 Å². The Kier molecular flexibility index (Phi) is 3.78. The van der Waals surface area contributed by atoms with Crippen LogP contribution in [0.3, 0.4) is 0 Å². The number of carboxylic acids is 1. The third-order valence-electron chi connectivity index (χ3n) is 2.42. The molecule has 0 aliphatic rings. The van der Waals surface area contributed by atoms with E-state index in [4.69, 9.17) is 5.26 Å². The van der Waals surface area contributed by atoms with Crippen LogP contribution in [0.2, 0.25) is 0 Å². The minimum atomic E-state index is -1.51. The first-order chi connectivity index (χ1) is 9.11. The number of aromatic nitrogens is 2. The number of halogens is 1. The highest BCUT2D eigenvalue weighted by Crippen LogP contribution is 2.25. The van der Waals surface area contributed by atoms with E-state index in [-0.39, 0.29) is 0 Å². The average Bonchev–Trinajstić information content (AvgIpc) is 2.83. The van der Waals surface area contributed by atoms with Crippen molar-refractivity contribution >= 4 is 28.0 Å². The lowest BCUT2D eigenvalue weighted by Crippen LogP contribution is -2.23. The first kappa shape index (κ1) is 13.1. The number of aromatic amines is 1. The zero-order valence-electron chi connectivity index (χ0n) is 9.55. The second-order valence-corrected chi connectivity index (χ2v) is 4.58. The standard InChI is InChI=1S/C13H8BrN3O2/c14-11-3-1-2-8(5-11)12-10(7-16-17-12)4-9(6-15)13(18)19/h1-5,7H,(H,16,17)(H,18,19)/p-1/b9-4-. The van der Waals surface area contributed by atoms with Crippen LogP contribution in [0.5, 0.6) is 0 Å². The Morgan fingerprint density at radius 2 is 2.32 bits per heavy atom. The molecule has 0 aliphatic carbocycles. The Balaban J connectivity index is 2.50. The van der Waals surface area contributed by atoms with E-state index in [1.807, 2.05) is 24.3 Å². The molecular formula is C13H7BrN3O2-. The summed E-state index contributed by atoms with van der Waals surface area (Å²) in [5.74, 6) is -1.51. The van der Waals surface area contributed by atoms with Gasteiger partial charge in [-0.05, 0) is 18.2 Å². The maximum absolute atomic E-state index is 10.7. The van der Waals surface area contributed by atoms with Crippen molar-refractivity contribution < 1.29 is 9.90 Å². The van der Waals surface area contributed by atoms with Crippen LogP contribution in [-0.4, -0.2) is 16.2 Å². The quantitative estimate of drug-likeness (QED) is 0.686. The Bertz CT molecular complexity index is 698.